The summed E-state index contributed by atoms with van der Waals surface area (Å²) in [6.45, 7) is 4.26. The Bertz CT molecular complexity index is 486. The largest absolute Gasteiger partial charge is 0.473 e. The fourth-order valence-electron chi connectivity index (χ4n) is 3.01. The number of allylic oxidation sites excluding steroid dienone is 1. The van der Waals surface area contributed by atoms with Gasteiger partial charge in [0.15, 0.2) is 0 Å². The molecule has 1 saturated carbocycles. The predicted molar refractivity (Wildman–Crippen MR) is 70.6 cm³/mol. The van der Waals surface area contributed by atoms with Crippen LogP contribution in [0.3, 0.4) is 0 Å². The third-order valence-corrected chi connectivity index (χ3v) is 4.16. The molecule has 0 amide bonds. The first kappa shape index (κ1) is 11.5. The molecule has 96 valence electrons. The average Bonchev–Trinajstić information content (AvgIpc) is 2.95. The SMILES string of the molecule is CNc1ncc(C)c(OC2C3C=CC(C3)C2C)n1. The highest BCUT2D eigenvalue weighted by atomic mass is 16.5. The van der Waals surface area contributed by atoms with Gasteiger partial charge in [0.2, 0.25) is 11.8 Å². The van der Waals surface area contributed by atoms with E-state index >= 15 is 0 Å². The minimum atomic E-state index is 0.262. The minimum Gasteiger partial charge on any atom is -0.473 e. The summed E-state index contributed by atoms with van der Waals surface area (Å²) in [5.41, 5.74) is 0.993. The molecule has 3 rings (SSSR count). The fourth-order valence-corrected chi connectivity index (χ4v) is 3.01. The zero-order chi connectivity index (χ0) is 12.7. The van der Waals surface area contributed by atoms with Crippen LogP contribution in [-0.2, 0) is 0 Å². The van der Waals surface area contributed by atoms with Crippen LogP contribution in [0.4, 0.5) is 5.95 Å². The van der Waals surface area contributed by atoms with Crippen molar-refractivity contribution in [3.05, 3.63) is 23.9 Å². The smallest absolute Gasteiger partial charge is 0.225 e. The maximum atomic E-state index is 6.15. The Kier molecular flexibility index (Phi) is 2.73. The van der Waals surface area contributed by atoms with Gasteiger partial charge in [0, 0.05) is 24.7 Å². The standard InChI is InChI=1S/C14H19N3O/c1-8-7-16-14(15-3)17-13(8)18-12-9(2)10-4-5-11(12)6-10/h4-5,7,9-12H,6H2,1-3H3,(H,15,16,17). The fraction of sp³-hybridized carbons (Fsp3) is 0.571. The first-order chi connectivity index (χ1) is 8.69. The Morgan fingerprint density at radius 1 is 1.33 bits per heavy atom. The van der Waals surface area contributed by atoms with Crippen LogP contribution in [0.1, 0.15) is 18.9 Å². The van der Waals surface area contributed by atoms with Crippen molar-refractivity contribution >= 4 is 5.95 Å². The number of rotatable bonds is 3. The van der Waals surface area contributed by atoms with Gasteiger partial charge in [0.05, 0.1) is 0 Å². The Balaban J connectivity index is 1.82. The van der Waals surface area contributed by atoms with Crippen LogP contribution >= 0.6 is 0 Å². The molecule has 2 bridgehead atoms. The van der Waals surface area contributed by atoms with Crippen molar-refractivity contribution in [2.24, 2.45) is 17.8 Å². The maximum absolute atomic E-state index is 6.15. The molecule has 1 aromatic heterocycles. The number of hydrogen-bond acceptors (Lipinski definition) is 4. The van der Waals surface area contributed by atoms with E-state index in [2.05, 4.69) is 34.4 Å². The number of nitrogens with zero attached hydrogens (tertiary/aromatic N) is 2. The Morgan fingerprint density at radius 3 is 2.78 bits per heavy atom. The molecule has 0 spiro atoms. The summed E-state index contributed by atoms with van der Waals surface area (Å²) in [5.74, 6) is 3.14. The van der Waals surface area contributed by atoms with Crippen molar-refractivity contribution in [2.75, 3.05) is 12.4 Å². The molecule has 0 aromatic carbocycles. The highest BCUT2D eigenvalue weighted by Gasteiger charge is 2.43. The van der Waals surface area contributed by atoms with Crippen molar-refractivity contribution in [2.45, 2.75) is 26.4 Å². The summed E-state index contributed by atoms with van der Waals surface area (Å²) in [6, 6.07) is 0. The average molecular weight is 245 g/mol. The number of hydrogen-bond donors (Lipinski definition) is 1. The van der Waals surface area contributed by atoms with Gasteiger partial charge in [-0.3, -0.25) is 0 Å². The summed E-state index contributed by atoms with van der Waals surface area (Å²) in [7, 11) is 1.82. The third-order valence-electron chi connectivity index (χ3n) is 4.16. The lowest BCUT2D eigenvalue weighted by atomic mass is 9.93. The predicted octanol–water partition coefficient (Wildman–Crippen LogP) is 2.42. The van der Waals surface area contributed by atoms with E-state index in [0.717, 1.165) is 5.56 Å². The van der Waals surface area contributed by atoms with Gasteiger partial charge < -0.3 is 10.1 Å². The number of anilines is 1. The highest BCUT2D eigenvalue weighted by molar-refractivity contribution is 5.32. The summed E-state index contributed by atoms with van der Waals surface area (Å²) in [5, 5.41) is 2.95. The summed E-state index contributed by atoms with van der Waals surface area (Å²) in [6.07, 6.45) is 7.93. The zero-order valence-corrected chi connectivity index (χ0v) is 11.1. The normalized spacial score (nSPS) is 32.8. The van der Waals surface area contributed by atoms with Gasteiger partial charge in [-0.15, -0.1) is 0 Å². The van der Waals surface area contributed by atoms with Crippen molar-refractivity contribution < 1.29 is 4.74 Å². The molecule has 0 radical (unpaired) electrons. The molecule has 4 nitrogen and oxygen atoms in total. The topological polar surface area (TPSA) is 47.0 Å². The molecule has 4 heteroatoms. The van der Waals surface area contributed by atoms with Gasteiger partial charge in [-0.25, -0.2) is 4.98 Å². The van der Waals surface area contributed by atoms with Crippen LogP contribution in [0.25, 0.3) is 0 Å². The van der Waals surface area contributed by atoms with E-state index in [9.17, 15) is 0 Å². The monoisotopic (exact) mass is 245 g/mol. The second kappa shape index (κ2) is 4.26. The van der Waals surface area contributed by atoms with E-state index < -0.39 is 0 Å². The van der Waals surface area contributed by atoms with Gasteiger partial charge in [-0.2, -0.15) is 4.98 Å². The first-order valence-corrected chi connectivity index (χ1v) is 6.55. The molecule has 2 aliphatic rings. The Labute approximate surface area is 107 Å². The molecule has 18 heavy (non-hydrogen) atoms. The summed E-state index contributed by atoms with van der Waals surface area (Å²) < 4.78 is 6.15. The van der Waals surface area contributed by atoms with Gasteiger partial charge in [-0.1, -0.05) is 19.1 Å². The number of aryl methyl sites for hydroxylation is 1. The lowest BCUT2D eigenvalue weighted by molar-refractivity contribution is 0.123. The first-order valence-electron chi connectivity index (χ1n) is 6.55. The number of nitrogens with one attached hydrogen (secondary N) is 1. The van der Waals surface area contributed by atoms with Crippen LogP contribution in [0.5, 0.6) is 5.88 Å². The van der Waals surface area contributed by atoms with Gasteiger partial charge in [0.1, 0.15) is 6.10 Å². The van der Waals surface area contributed by atoms with Crippen molar-refractivity contribution in [3.8, 4) is 5.88 Å². The van der Waals surface area contributed by atoms with E-state index in [1.54, 1.807) is 0 Å². The lowest BCUT2D eigenvalue weighted by Crippen LogP contribution is -2.29. The van der Waals surface area contributed by atoms with Gasteiger partial charge in [-0.05, 0) is 25.2 Å². The van der Waals surface area contributed by atoms with Gasteiger partial charge in [0.25, 0.3) is 0 Å². The zero-order valence-electron chi connectivity index (χ0n) is 11.1. The van der Waals surface area contributed by atoms with Crippen LogP contribution in [0.15, 0.2) is 18.3 Å². The number of aromatic nitrogens is 2. The molecular formula is C14H19N3O. The molecule has 4 unspecified atom stereocenters. The quantitative estimate of drug-likeness (QED) is 0.831. The molecule has 2 aliphatic carbocycles. The van der Waals surface area contributed by atoms with E-state index in [0.29, 0.717) is 29.6 Å². The van der Waals surface area contributed by atoms with Crippen molar-refractivity contribution in [1.82, 2.24) is 9.97 Å². The second-order valence-electron chi connectivity index (χ2n) is 5.32. The molecule has 0 aliphatic heterocycles. The Morgan fingerprint density at radius 2 is 2.11 bits per heavy atom. The molecule has 1 fully saturated rings. The number of fused-ring (bicyclic) bond motifs is 2. The summed E-state index contributed by atoms with van der Waals surface area (Å²) >= 11 is 0. The van der Waals surface area contributed by atoms with E-state index in [1.807, 2.05) is 20.2 Å². The van der Waals surface area contributed by atoms with E-state index in [-0.39, 0.29) is 6.10 Å². The van der Waals surface area contributed by atoms with Crippen LogP contribution < -0.4 is 10.1 Å². The minimum absolute atomic E-state index is 0.262. The molecule has 1 heterocycles. The second-order valence-corrected chi connectivity index (χ2v) is 5.32. The molecule has 1 N–H and O–H groups in total. The maximum Gasteiger partial charge on any atom is 0.225 e. The van der Waals surface area contributed by atoms with Crippen molar-refractivity contribution in [3.63, 3.8) is 0 Å². The van der Waals surface area contributed by atoms with Crippen LogP contribution in [0.2, 0.25) is 0 Å². The van der Waals surface area contributed by atoms with E-state index in [1.165, 1.54) is 6.42 Å². The number of ether oxygens (including phenoxy) is 1. The highest BCUT2D eigenvalue weighted by Crippen LogP contribution is 2.45. The van der Waals surface area contributed by atoms with E-state index in [4.69, 9.17) is 4.74 Å². The third kappa shape index (κ3) is 1.76. The van der Waals surface area contributed by atoms with Gasteiger partial charge >= 0.3 is 0 Å². The van der Waals surface area contributed by atoms with Crippen LogP contribution in [0, 0.1) is 24.7 Å². The lowest BCUT2D eigenvalue weighted by Gasteiger charge is -2.26. The molecule has 1 aromatic rings. The Hall–Kier alpha value is -1.58. The molecular weight excluding hydrogens is 226 g/mol. The van der Waals surface area contributed by atoms with Crippen molar-refractivity contribution in [1.29, 1.82) is 0 Å². The molecule has 0 saturated heterocycles. The molecule has 4 atom stereocenters. The van der Waals surface area contributed by atoms with Crippen LogP contribution in [-0.4, -0.2) is 23.1 Å². The summed E-state index contributed by atoms with van der Waals surface area (Å²) in [4.78, 5) is 8.59.